The Morgan fingerprint density at radius 2 is 1.83 bits per heavy atom. The highest BCUT2D eigenvalue weighted by Crippen LogP contribution is 2.31. The van der Waals surface area contributed by atoms with Gasteiger partial charge >= 0.3 is 0 Å². The molecular weight excluding hydrogens is 292 g/mol. The van der Waals surface area contributed by atoms with E-state index in [1.165, 1.54) is 0 Å². The molecule has 23 heavy (non-hydrogen) atoms. The summed E-state index contributed by atoms with van der Waals surface area (Å²) < 4.78 is 10.6. The van der Waals surface area contributed by atoms with Gasteiger partial charge in [-0.15, -0.1) is 0 Å². The molecule has 1 aromatic carbocycles. The normalized spacial score (nSPS) is 10.3. The molecule has 0 saturated heterocycles. The molecule has 6 heteroatoms. The first-order valence-corrected chi connectivity index (χ1v) is 7.75. The van der Waals surface area contributed by atoms with Crippen LogP contribution in [0.2, 0.25) is 0 Å². The molecule has 0 aliphatic heterocycles. The van der Waals surface area contributed by atoms with Crippen molar-refractivity contribution in [2.45, 2.75) is 26.7 Å². The largest absolute Gasteiger partial charge is 0.497 e. The van der Waals surface area contributed by atoms with Crippen LogP contribution in [0.1, 0.15) is 25.6 Å². The van der Waals surface area contributed by atoms with Crippen LogP contribution in [0.15, 0.2) is 24.3 Å². The maximum Gasteiger partial charge on any atom is 0.146 e. The van der Waals surface area contributed by atoms with Crippen LogP contribution in [0.5, 0.6) is 11.5 Å². The van der Waals surface area contributed by atoms with Gasteiger partial charge in [0.05, 0.1) is 19.9 Å². The van der Waals surface area contributed by atoms with E-state index in [1.54, 1.807) is 14.2 Å². The van der Waals surface area contributed by atoms with Crippen LogP contribution in [-0.4, -0.2) is 30.7 Å². The highest BCUT2D eigenvalue weighted by molar-refractivity contribution is 5.67. The number of hydrogen-bond donors (Lipinski definition) is 2. The smallest absolute Gasteiger partial charge is 0.146 e. The SMILES string of the molecule is CCCCNc1cc(Nc2ccc(OC)cc2OC)nc(C)n1. The number of anilines is 3. The van der Waals surface area contributed by atoms with Crippen molar-refractivity contribution in [3.05, 3.63) is 30.1 Å². The molecule has 0 saturated carbocycles. The second-order valence-corrected chi connectivity index (χ2v) is 5.16. The maximum atomic E-state index is 5.40. The minimum absolute atomic E-state index is 0.695. The topological polar surface area (TPSA) is 68.3 Å². The van der Waals surface area contributed by atoms with E-state index in [2.05, 4.69) is 27.5 Å². The Hall–Kier alpha value is -2.50. The highest BCUT2D eigenvalue weighted by atomic mass is 16.5. The monoisotopic (exact) mass is 316 g/mol. The molecule has 0 bridgehead atoms. The number of benzene rings is 1. The van der Waals surface area contributed by atoms with E-state index in [4.69, 9.17) is 9.47 Å². The fourth-order valence-electron chi connectivity index (χ4n) is 2.16. The third-order valence-electron chi connectivity index (χ3n) is 3.35. The van der Waals surface area contributed by atoms with Gasteiger partial charge in [0, 0.05) is 18.7 Å². The zero-order chi connectivity index (χ0) is 16.7. The van der Waals surface area contributed by atoms with Crippen molar-refractivity contribution in [1.82, 2.24) is 9.97 Å². The summed E-state index contributed by atoms with van der Waals surface area (Å²) in [7, 11) is 3.26. The van der Waals surface area contributed by atoms with E-state index >= 15 is 0 Å². The number of aryl methyl sites for hydroxylation is 1. The molecule has 6 nitrogen and oxygen atoms in total. The molecule has 1 aromatic heterocycles. The van der Waals surface area contributed by atoms with E-state index < -0.39 is 0 Å². The summed E-state index contributed by atoms with van der Waals surface area (Å²) in [6.07, 6.45) is 2.25. The maximum absolute atomic E-state index is 5.40. The average Bonchev–Trinajstić information content (AvgIpc) is 2.55. The van der Waals surface area contributed by atoms with Gasteiger partial charge < -0.3 is 20.1 Å². The highest BCUT2D eigenvalue weighted by Gasteiger charge is 2.08. The van der Waals surface area contributed by atoms with Crippen LogP contribution >= 0.6 is 0 Å². The first-order valence-electron chi connectivity index (χ1n) is 7.75. The first-order chi connectivity index (χ1) is 11.2. The van der Waals surface area contributed by atoms with Crippen LogP contribution < -0.4 is 20.1 Å². The molecule has 1 heterocycles. The van der Waals surface area contributed by atoms with Crippen molar-refractivity contribution in [3.8, 4) is 11.5 Å². The van der Waals surface area contributed by atoms with E-state index in [0.29, 0.717) is 11.6 Å². The van der Waals surface area contributed by atoms with Crippen molar-refractivity contribution in [1.29, 1.82) is 0 Å². The molecule has 2 aromatic rings. The zero-order valence-corrected chi connectivity index (χ0v) is 14.1. The average molecular weight is 316 g/mol. The second-order valence-electron chi connectivity index (χ2n) is 5.16. The van der Waals surface area contributed by atoms with Crippen LogP contribution in [0.3, 0.4) is 0 Å². The predicted molar refractivity (Wildman–Crippen MR) is 93.0 cm³/mol. The fraction of sp³-hybridized carbons (Fsp3) is 0.412. The number of ether oxygens (including phenoxy) is 2. The Morgan fingerprint density at radius 1 is 1.04 bits per heavy atom. The van der Waals surface area contributed by atoms with Gasteiger partial charge in [-0.25, -0.2) is 9.97 Å². The van der Waals surface area contributed by atoms with Gasteiger partial charge in [0.1, 0.15) is 29.0 Å². The number of hydrogen-bond acceptors (Lipinski definition) is 6. The quantitative estimate of drug-likeness (QED) is 0.723. The number of nitrogens with one attached hydrogen (secondary N) is 2. The number of methoxy groups -OCH3 is 2. The molecule has 0 amide bonds. The molecule has 0 spiro atoms. The van der Waals surface area contributed by atoms with Gasteiger partial charge in [-0.1, -0.05) is 13.3 Å². The molecule has 2 N–H and O–H groups in total. The van der Waals surface area contributed by atoms with E-state index in [-0.39, 0.29) is 0 Å². The summed E-state index contributed by atoms with van der Waals surface area (Å²) in [5.74, 6) is 3.69. The molecule has 0 aliphatic rings. The zero-order valence-electron chi connectivity index (χ0n) is 14.1. The summed E-state index contributed by atoms with van der Waals surface area (Å²) in [5, 5.41) is 6.59. The molecule has 124 valence electrons. The molecule has 0 radical (unpaired) electrons. The van der Waals surface area contributed by atoms with Gasteiger partial charge in [-0.2, -0.15) is 0 Å². The van der Waals surface area contributed by atoms with E-state index in [1.807, 2.05) is 31.2 Å². The molecule has 0 atom stereocenters. The molecular formula is C17H24N4O2. The van der Waals surface area contributed by atoms with Crippen molar-refractivity contribution in [3.63, 3.8) is 0 Å². The summed E-state index contributed by atoms with van der Waals surface area (Å²) in [4.78, 5) is 8.83. The Kier molecular flexibility index (Phi) is 6.02. The van der Waals surface area contributed by atoms with E-state index in [0.717, 1.165) is 42.5 Å². The third-order valence-corrected chi connectivity index (χ3v) is 3.35. The summed E-state index contributed by atoms with van der Waals surface area (Å²) in [6, 6.07) is 7.50. The van der Waals surface area contributed by atoms with Crippen LogP contribution in [0, 0.1) is 6.92 Å². The van der Waals surface area contributed by atoms with Crippen LogP contribution in [0.4, 0.5) is 17.3 Å². The minimum atomic E-state index is 0.695. The second kappa shape index (κ2) is 8.22. The lowest BCUT2D eigenvalue weighted by atomic mass is 10.2. The molecule has 0 fully saturated rings. The Bertz CT molecular complexity index is 646. The van der Waals surface area contributed by atoms with Crippen molar-refractivity contribution in [2.75, 3.05) is 31.4 Å². The van der Waals surface area contributed by atoms with Gasteiger partial charge in [-0.3, -0.25) is 0 Å². The number of aromatic nitrogens is 2. The minimum Gasteiger partial charge on any atom is -0.497 e. The number of rotatable bonds is 8. The standard InChI is InChI=1S/C17H24N4O2/c1-5-6-9-18-16-11-17(20-12(2)19-16)21-14-8-7-13(22-3)10-15(14)23-4/h7-8,10-11H,5-6,9H2,1-4H3,(H2,18,19,20,21). The third kappa shape index (κ3) is 4.74. The van der Waals surface area contributed by atoms with E-state index in [9.17, 15) is 0 Å². The van der Waals surface area contributed by atoms with Gasteiger partial charge in [0.15, 0.2) is 0 Å². The fourth-order valence-corrected chi connectivity index (χ4v) is 2.16. The first kappa shape index (κ1) is 16.9. The predicted octanol–water partition coefficient (Wildman–Crippen LogP) is 3.76. The molecule has 0 aliphatic carbocycles. The summed E-state index contributed by atoms with van der Waals surface area (Å²) in [6.45, 7) is 4.94. The van der Waals surface area contributed by atoms with Crippen molar-refractivity contribution < 1.29 is 9.47 Å². The Balaban J connectivity index is 2.19. The molecule has 2 rings (SSSR count). The van der Waals surface area contributed by atoms with Gasteiger partial charge in [-0.05, 0) is 25.5 Å². The van der Waals surface area contributed by atoms with Crippen LogP contribution in [-0.2, 0) is 0 Å². The number of unbranched alkanes of at least 4 members (excludes halogenated alkanes) is 1. The number of nitrogens with zero attached hydrogens (tertiary/aromatic N) is 2. The Labute approximate surface area is 137 Å². The van der Waals surface area contributed by atoms with Crippen molar-refractivity contribution in [2.24, 2.45) is 0 Å². The lowest BCUT2D eigenvalue weighted by Crippen LogP contribution is -2.06. The summed E-state index contributed by atoms with van der Waals surface area (Å²) >= 11 is 0. The summed E-state index contributed by atoms with van der Waals surface area (Å²) in [5.41, 5.74) is 0.825. The lowest BCUT2D eigenvalue weighted by Gasteiger charge is -2.13. The lowest BCUT2D eigenvalue weighted by molar-refractivity contribution is 0.395. The Morgan fingerprint density at radius 3 is 2.52 bits per heavy atom. The van der Waals surface area contributed by atoms with Crippen molar-refractivity contribution >= 4 is 17.3 Å². The van der Waals surface area contributed by atoms with Gasteiger partial charge in [0.25, 0.3) is 0 Å². The van der Waals surface area contributed by atoms with Crippen LogP contribution in [0.25, 0.3) is 0 Å². The van der Waals surface area contributed by atoms with Gasteiger partial charge in [0.2, 0.25) is 0 Å². The molecule has 0 unspecified atom stereocenters.